The molecule has 168 valence electrons. The van der Waals surface area contributed by atoms with Crippen LogP contribution >= 0.6 is 0 Å². The molecule has 1 saturated heterocycles. The molecule has 0 bridgehead atoms. The number of carbonyl (C=O) groups is 3. The molecule has 10 nitrogen and oxygen atoms in total. The Bertz CT molecular complexity index is 823. The van der Waals surface area contributed by atoms with E-state index in [1.807, 2.05) is 6.92 Å². The van der Waals surface area contributed by atoms with Crippen LogP contribution in [0.2, 0.25) is 0 Å². The van der Waals surface area contributed by atoms with Crippen LogP contribution < -0.4 is 25.9 Å². The molecule has 0 aliphatic carbocycles. The monoisotopic (exact) mass is 432 g/mol. The highest BCUT2D eigenvalue weighted by atomic mass is 16.5. The first kappa shape index (κ1) is 23.0. The number of nitrogens with one attached hydrogen (secondary N) is 4. The summed E-state index contributed by atoms with van der Waals surface area (Å²) < 4.78 is 5.39. The van der Waals surface area contributed by atoms with Gasteiger partial charge < -0.3 is 36.1 Å². The molecule has 31 heavy (non-hydrogen) atoms. The zero-order valence-electron chi connectivity index (χ0n) is 17.5. The van der Waals surface area contributed by atoms with E-state index < -0.39 is 19.0 Å². The SMILES string of the molecule is CCNCCNC1CCC(CC(=O)N[C@H]2Cc3cccc(C(=O)O)c3OB2O)NC1=O. The van der Waals surface area contributed by atoms with E-state index in [-0.39, 0.29) is 48.1 Å². The second-order valence-electron chi connectivity index (χ2n) is 7.83. The molecule has 2 aliphatic rings. The van der Waals surface area contributed by atoms with Crippen molar-refractivity contribution in [2.45, 2.75) is 50.6 Å². The van der Waals surface area contributed by atoms with Crippen molar-refractivity contribution in [3.05, 3.63) is 29.3 Å². The molecule has 2 unspecified atom stereocenters. The normalized spacial score (nSPS) is 22.8. The Morgan fingerprint density at radius 1 is 1.29 bits per heavy atom. The van der Waals surface area contributed by atoms with Crippen molar-refractivity contribution in [2.75, 3.05) is 19.6 Å². The molecule has 0 spiro atoms. The summed E-state index contributed by atoms with van der Waals surface area (Å²) in [5.41, 5.74) is 0.577. The standard InChI is InChI=1S/C20H29BN4O6/c1-2-22-8-9-23-15-7-6-13(24-19(15)27)11-17(26)25-16-10-12-4-3-5-14(20(28)29)18(12)31-21(16)30/h3-5,13,15-16,22-23,30H,2,6-11H2,1H3,(H,24,27)(H,25,26)(H,28,29)/t13?,15?,16-/m0/s1. The highest BCUT2D eigenvalue weighted by molar-refractivity contribution is 6.47. The highest BCUT2D eigenvalue weighted by Crippen LogP contribution is 2.30. The largest absolute Gasteiger partial charge is 0.547 e. The summed E-state index contributed by atoms with van der Waals surface area (Å²) in [7, 11) is -1.36. The molecule has 1 aromatic carbocycles. The fraction of sp³-hybridized carbons (Fsp3) is 0.550. The quantitative estimate of drug-likeness (QED) is 0.216. The second-order valence-corrected chi connectivity index (χ2v) is 7.83. The maximum Gasteiger partial charge on any atom is 0.547 e. The van der Waals surface area contributed by atoms with Crippen molar-refractivity contribution in [1.29, 1.82) is 0 Å². The Hall–Kier alpha value is -2.63. The summed E-state index contributed by atoms with van der Waals surface area (Å²) in [6.45, 7) is 4.38. The van der Waals surface area contributed by atoms with Crippen LogP contribution in [-0.2, 0) is 16.0 Å². The average Bonchev–Trinajstić information content (AvgIpc) is 2.72. The van der Waals surface area contributed by atoms with Gasteiger partial charge in [0.25, 0.3) is 0 Å². The summed E-state index contributed by atoms with van der Waals surface area (Å²) >= 11 is 0. The molecule has 0 aromatic heterocycles. The van der Waals surface area contributed by atoms with Gasteiger partial charge in [-0.05, 0) is 37.4 Å². The summed E-state index contributed by atoms with van der Waals surface area (Å²) in [5, 5.41) is 31.5. The Morgan fingerprint density at radius 3 is 2.81 bits per heavy atom. The maximum absolute atomic E-state index is 12.5. The van der Waals surface area contributed by atoms with Crippen LogP contribution in [-0.4, -0.2) is 72.7 Å². The van der Waals surface area contributed by atoms with Crippen LogP contribution in [0.25, 0.3) is 0 Å². The highest BCUT2D eigenvalue weighted by Gasteiger charge is 2.38. The number of carbonyl (C=O) groups excluding carboxylic acids is 2. The third-order valence-corrected chi connectivity index (χ3v) is 5.54. The number of carboxylic acids is 1. The Kier molecular flexibility index (Phi) is 7.88. The van der Waals surface area contributed by atoms with Gasteiger partial charge in [0.1, 0.15) is 5.75 Å². The first-order chi connectivity index (χ1) is 14.9. The molecular formula is C20H29BN4O6. The van der Waals surface area contributed by atoms with Crippen LogP contribution in [0.3, 0.4) is 0 Å². The fourth-order valence-corrected chi connectivity index (χ4v) is 3.94. The van der Waals surface area contributed by atoms with Gasteiger partial charge >= 0.3 is 13.1 Å². The van der Waals surface area contributed by atoms with E-state index in [2.05, 4.69) is 21.3 Å². The Balaban J connectivity index is 1.49. The number of aromatic carboxylic acids is 1. The van der Waals surface area contributed by atoms with Gasteiger partial charge in [0.15, 0.2) is 0 Å². The third kappa shape index (κ3) is 5.96. The molecule has 2 amide bonds. The van der Waals surface area contributed by atoms with Crippen LogP contribution in [0.4, 0.5) is 0 Å². The summed E-state index contributed by atoms with van der Waals surface area (Å²) in [5.74, 6) is -2.15. The number of likely N-dealkylation sites (N-methyl/N-ethyl adjacent to an activating group) is 1. The molecule has 0 radical (unpaired) electrons. The van der Waals surface area contributed by atoms with Crippen LogP contribution in [0.5, 0.6) is 5.75 Å². The lowest BCUT2D eigenvalue weighted by molar-refractivity contribution is -0.127. The lowest BCUT2D eigenvalue weighted by atomic mass is 9.72. The predicted molar refractivity (Wildman–Crippen MR) is 114 cm³/mol. The maximum atomic E-state index is 12.5. The minimum Gasteiger partial charge on any atom is -0.534 e. The van der Waals surface area contributed by atoms with E-state index in [9.17, 15) is 24.5 Å². The number of amides is 2. The molecule has 1 fully saturated rings. The van der Waals surface area contributed by atoms with Gasteiger partial charge in [-0.15, -0.1) is 0 Å². The average molecular weight is 432 g/mol. The van der Waals surface area contributed by atoms with E-state index in [0.717, 1.165) is 13.1 Å². The minimum absolute atomic E-state index is 0.0279. The van der Waals surface area contributed by atoms with Crippen molar-refractivity contribution >= 4 is 24.9 Å². The van der Waals surface area contributed by atoms with E-state index in [1.54, 1.807) is 12.1 Å². The lowest BCUT2D eigenvalue weighted by Gasteiger charge is -2.31. The first-order valence-corrected chi connectivity index (χ1v) is 10.6. The zero-order valence-corrected chi connectivity index (χ0v) is 17.5. The summed E-state index contributed by atoms with van der Waals surface area (Å²) in [4.78, 5) is 36.1. The predicted octanol–water partition coefficient (Wildman–Crippen LogP) is -0.939. The number of para-hydroxylation sites is 1. The zero-order chi connectivity index (χ0) is 22.4. The Labute approximate surface area is 181 Å². The van der Waals surface area contributed by atoms with Crippen molar-refractivity contribution in [2.24, 2.45) is 0 Å². The van der Waals surface area contributed by atoms with Crippen molar-refractivity contribution in [1.82, 2.24) is 21.3 Å². The molecule has 6 N–H and O–H groups in total. The van der Waals surface area contributed by atoms with Crippen molar-refractivity contribution < 1.29 is 29.2 Å². The van der Waals surface area contributed by atoms with Crippen LogP contribution in [0.1, 0.15) is 42.1 Å². The molecule has 3 rings (SSSR count). The number of carboxylic acid groups (broad SMARTS) is 1. The van der Waals surface area contributed by atoms with Gasteiger partial charge in [-0.1, -0.05) is 19.1 Å². The van der Waals surface area contributed by atoms with E-state index >= 15 is 0 Å². The van der Waals surface area contributed by atoms with Gasteiger partial charge in [0.2, 0.25) is 11.8 Å². The topological polar surface area (TPSA) is 149 Å². The van der Waals surface area contributed by atoms with Crippen LogP contribution in [0.15, 0.2) is 18.2 Å². The number of rotatable bonds is 9. The fourth-order valence-electron chi connectivity index (χ4n) is 3.94. The van der Waals surface area contributed by atoms with Crippen LogP contribution in [0, 0.1) is 0 Å². The van der Waals surface area contributed by atoms with E-state index in [4.69, 9.17) is 4.65 Å². The number of hydrogen-bond donors (Lipinski definition) is 6. The molecule has 0 saturated carbocycles. The van der Waals surface area contributed by atoms with Gasteiger partial charge in [-0.2, -0.15) is 0 Å². The molecular weight excluding hydrogens is 403 g/mol. The van der Waals surface area contributed by atoms with Gasteiger partial charge in [0.05, 0.1) is 17.5 Å². The lowest BCUT2D eigenvalue weighted by Crippen LogP contribution is -2.56. The van der Waals surface area contributed by atoms with Crippen molar-refractivity contribution in [3.8, 4) is 5.75 Å². The number of hydrogen-bond acceptors (Lipinski definition) is 7. The number of benzene rings is 1. The van der Waals surface area contributed by atoms with Crippen molar-refractivity contribution in [3.63, 3.8) is 0 Å². The molecule has 1 aromatic rings. The smallest absolute Gasteiger partial charge is 0.534 e. The summed E-state index contributed by atoms with van der Waals surface area (Å²) in [6, 6.07) is 4.18. The third-order valence-electron chi connectivity index (χ3n) is 5.54. The van der Waals surface area contributed by atoms with Gasteiger partial charge in [-0.25, -0.2) is 4.79 Å². The van der Waals surface area contributed by atoms with Gasteiger partial charge in [0, 0.05) is 25.6 Å². The first-order valence-electron chi connectivity index (χ1n) is 10.6. The van der Waals surface area contributed by atoms with E-state index in [0.29, 0.717) is 24.9 Å². The molecule has 3 atom stereocenters. The number of fused-ring (bicyclic) bond motifs is 1. The molecule has 2 aliphatic heterocycles. The van der Waals surface area contributed by atoms with Gasteiger partial charge in [-0.3, -0.25) is 9.59 Å². The number of piperidine rings is 1. The molecule has 2 heterocycles. The van der Waals surface area contributed by atoms with E-state index in [1.165, 1.54) is 6.07 Å². The molecule has 11 heteroatoms. The summed E-state index contributed by atoms with van der Waals surface area (Å²) in [6.07, 6.45) is 1.67. The second kappa shape index (κ2) is 10.6. The Morgan fingerprint density at radius 2 is 2.10 bits per heavy atom. The minimum atomic E-state index is -1.36.